The van der Waals surface area contributed by atoms with Crippen LogP contribution < -0.4 is 20.9 Å². The van der Waals surface area contributed by atoms with E-state index in [2.05, 4.69) is 20.1 Å². The van der Waals surface area contributed by atoms with Gasteiger partial charge in [-0.05, 0) is 88.7 Å². The molecular weight excluding hydrogens is 1070 g/mol. The Hall–Kier alpha value is -5.93. The second kappa shape index (κ2) is 32.6. The van der Waals surface area contributed by atoms with Crippen LogP contribution in [0.15, 0.2) is 42.6 Å². The van der Waals surface area contributed by atoms with E-state index >= 15 is 0 Å². The fraction of sp³-hybridized carbons (Fsp3) is 0.589. The maximum absolute atomic E-state index is 14.7. The number of aliphatic hydroxyl groups excluding tert-OH is 2. The number of carbonyl (C=O) groups excluding carboxylic acids is 3. The van der Waals surface area contributed by atoms with Crippen LogP contribution in [-0.4, -0.2) is 265 Å². The molecule has 3 saturated heterocycles. The summed E-state index contributed by atoms with van der Waals surface area (Å²) in [7, 11) is 2.96. The normalized spacial score (nSPS) is 16.9. The first-order valence-corrected chi connectivity index (χ1v) is 28.0. The van der Waals surface area contributed by atoms with Gasteiger partial charge >= 0.3 is 11.9 Å². The lowest BCUT2D eigenvalue weighted by atomic mass is 9.96. The third kappa shape index (κ3) is 20.8. The summed E-state index contributed by atoms with van der Waals surface area (Å²) >= 11 is 6.32. The van der Waals surface area contributed by atoms with Crippen molar-refractivity contribution in [3.63, 3.8) is 0 Å². The quantitative estimate of drug-likeness (QED) is 0.0494. The number of fused-ring (bicyclic) bond motifs is 1. The van der Waals surface area contributed by atoms with Gasteiger partial charge < -0.3 is 60.7 Å². The summed E-state index contributed by atoms with van der Waals surface area (Å²) in [4.78, 5) is 88.3. The Labute approximate surface area is 479 Å². The number of pyridine rings is 1. The molecule has 81 heavy (non-hydrogen) atoms. The van der Waals surface area contributed by atoms with Crippen molar-refractivity contribution in [2.24, 2.45) is 5.73 Å². The van der Waals surface area contributed by atoms with Crippen LogP contribution in [0.3, 0.4) is 0 Å². The van der Waals surface area contributed by atoms with Crippen LogP contribution in [0.5, 0.6) is 0 Å². The molecule has 5 heterocycles. The van der Waals surface area contributed by atoms with Gasteiger partial charge in [-0.3, -0.25) is 43.7 Å². The minimum Gasteiger partial charge on any atom is -0.480 e. The number of nitrogens with two attached hydrogens (primary N) is 1. The summed E-state index contributed by atoms with van der Waals surface area (Å²) in [6, 6.07) is 10.7. The number of aryl methyl sites for hydroxylation is 1. The number of carboxylic acid groups (broad SMARTS) is 2. The zero-order valence-electron chi connectivity index (χ0n) is 47.9. The average Bonchev–Trinajstić information content (AvgIpc) is 3.97. The van der Waals surface area contributed by atoms with Crippen LogP contribution in [0.1, 0.15) is 45.6 Å². The summed E-state index contributed by atoms with van der Waals surface area (Å²) in [5.74, 6) is -1.04. The Morgan fingerprint density at radius 2 is 1.46 bits per heavy atom. The van der Waals surface area contributed by atoms with E-state index in [1.165, 1.54) is 6.07 Å². The van der Waals surface area contributed by atoms with Crippen molar-refractivity contribution < 1.29 is 53.5 Å². The lowest BCUT2D eigenvalue weighted by Crippen LogP contribution is -2.50. The van der Waals surface area contributed by atoms with Gasteiger partial charge in [-0.25, -0.2) is 14.4 Å². The van der Waals surface area contributed by atoms with E-state index in [-0.39, 0.29) is 62.9 Å². The predicted octanol–water partition coefficient (Wildman–Crippen LogP) is 2.36. The van der Waals surface area contributed by atoms with E-state index in [1.807, 2.05) is 79.9 Å². The molecule has 3 fully saturated rings. The zero-order chi connectivity index (χ0) is 59.2. The minimum atomic E-state index is -0.964. The molecule has 2 aromatic heterocycles. The van der Waals surface area contributed by atoms with Crippen molar-refractivity contribution in [2.45, 2.75) is 58.6 Å². The van der Waals surface area contributed by atoms with Crippen LogP contribution in [0, 0.1) is 12.7 Å². The van der Waals surface area contributed by atoms with E-state index in [0.29, 0.717) is 103 Å². The van der Waals surface area contributed by atoms with Gasteiger partial charge in [0.15, 0.2) is 0 Å². The van der Waals surface area contributed by atoms with Crippen molar-refractivity contribution in [1.29, 1.82) is 0 Å². The molecule has 8 N–H and O–H groups in total. The Balaban J connectivity index is 0.000000292. The number of ether oxygens (including phenoxy) is 1. The number of aromatic nitrogens is 3. The topological polar surface area (TPSA) is 281 Å². The number of carbonyl (C=O) groups is 5. The number of piperidine rings is 1. The summed E-state index contributed by atoms with van der Waals surface area (Å²) in [5.41, 5.74) is 11.5. The number of rotatable bonds is 20. The standard InChI is InChI=1S/C31H35ClFN7O2.C24H46N6O7.CH4O/c1-19-14-20(16-22(33)15-19)24-18-35-31(40-11-9-38(10-12-40)27(42)6-13-41)28(29(24)39-7-4-23(34)5-8-39)30-36-25-3-2-21(32)17-26(25)37-30;1-5-26(4)20-37-24(2,3)19-25-21(32)16-28-8-6-27(14-15-31)7-9-29(17-22(33)34)12-13-30(11-10-28)18-23(35)36;1-2/h2-3,14-18,23,41H,4-13,34H2,1H3,(H,36,37);15H,5-14,16-20H2,1-4H3,(H,25,32)(H,33,34)(H,35,36);2H,1H3. The molecule has 0 radical (unpaired) electrons. The number of hydrogen-bond donors (Lipinski definition) is 7. The molecule has 0 spiro atoms. The van der Waals surface area contributed by atoms with Crippen LogP contribution in [0.4, 0.5) is 15.9 Å². The number of halogens is 2. The Kier molecular flexibility index (Phi) is 26.5. The number of anilines is 2. The highest BCUT2D eigenvalue weighted by Crippen LogP contribution is 2.45. The number of hydrogen-bond acceptors (Lipinski definition) is 18. The Morgan fingerprint density at radius 1 is 0.864 bits per heavy atom. The number of amides is 2. The highest BCUT2D eigenvalue weighted by Gasteiger charge is 2.32. The molecule has 0 unspecified atom stereocenters. The number of nitrogens with zero attached hydrogens (tertiary/aromatic N) is 10. The highest BCUT2D eigenvalue weighted by molar-refractivity contribution is 6.31. The lowest BCUT2D eigenvalue weighted by molar-refractivity contribution is -0.140. The van der Waals surface area contributed by atoms with E-state index in [9.17, 15) is 43.7 Å². The van der Waals surface area contributed by atoms with Gasteiger partial charge in [0.25, 0.3) is 0 Å². The first kappa shape index (κ1) is 65.9. The van der Waals surface area contributed by atoms with Gasteiger partial charge in [0, 0.05) is 135 Å². The molecule has 448 valence electrons. The van der Waals surface area contributed by atoms with Crippen molar-refractivity contribution in [2.75, 3.05) is 168 Å². The molecule has 23 nitrogen and oxygen atoms in total. The number of carboxylic acids is 2. The number of benzene rings is 2. The van der Waals surface area contributed by atoms with Gasteiger partial charge in [0.2, 0.25) is 11.8 Å². The number of aldehydes is 1. The third-order valence-corrected chi connectivity index (χ3v) is 14.7. The van der Waals surface area contributed by atoms with Gasteiger partial charge in [-0.2, -0.15) is 0 Å². The third-order valence-electron chi connectivity index (χ3n) is 14.5. The van der Waals surface area contributed by atoms with Crippen LogP contribution in [0.25, 0.3) is 33.5 Å². The van der Waals surface area contributed by atoms with E-state index in [1.54, 1.807) is 20.8 Å². The van der Waals surface area contributed by atoms with Crippen LogP contribution in [-0.2, 0) is 28.7 Å². The molecule has 0 aliphatic carbocycles. The van der Waals surface area contributed by atoms with E-state index in [4.69, 9.17) is 37.1 Å². The van der Waals surface area contributed by atoms with Crippen molar-refractivity contribution in [1.82, 2.24) is 49.7 Å². The molecule has 3 aliphatic heterocycles. The number of aromatic amines is 1. The van der Waals surface area contributed by atoms with Gasteiger partial charge in [-0.1, -0.05) is 24.6 Å². The highest BCUT2D eigenvalue weighted by atomic mass is 35.5. The van der Waals surface area contributed by atoms with E-state index < -0.39 is 17.5 Å². The summed E-state index contributed by atoms with van der Waals surface area (Å²) in [6.45, 7) is 16.5. The molecule has 7 rings (SSSR count). The summed E-state index contributed by atoms with van der Waals surface area (Å²) in [6.07, 6.45) is 4.44. The number of piperazine rings is 1. The van der Waals surface area contributed by atoms with Gasteiger partial charge in [0.05, 0.1) is 67.4 Å². The molecule has 25 heteroatoms. The number of imidazole rings is 1. The molecule has 0 saturated carbocycles. The van der Waals surface area contributed by atoms with Gasteiger partial charge in [-0.15, -0.1) is 0 Å². The van der Waals surface area contributed by atoms with Crippen LogP contribution in [0.2, 0.25) is 5.02 Å². The number of aliphatic hydroxyl groups is 2. The molecule has 4 aromatic rings. The Bertz CT molecular complexity index is 2650. The largest absolute Gasteiger partial charge is 0.480 e. The SMILES string of the molecule is CCN(C)COC(C)(C)CNC(=O)CN1CCN(CC=O)CCN(CC(=O)O)CCN(CC(=O)O)CC1.CO.Cc1cc(F)cc(-c2cnc(N3CCN(C(=O)CCO)CC3)c(-c3nc4ccc(Cl)cc4[nH]3)c2N2CCC(N)CC2)c1. The van der Waals surface area contributed by atoms with Crippen LogP contribution >= 0.6 is 11.6 Å². The molecule has 3 aliphatic rings. The van der Waals surface area contributed by atoms with Crippen molar-refractivity contribution in [3.8, 4) is 22.5 Å². The molecule has 0 bridgehead atoms. The van der Waals surface area contributed by atoms with E-state index in [0.717, 1.165) is 90.7 Å². The summed E-state index contributed by atoms with van der Waals surface area (Å²) < 4.78 is 20.6. The van der Waals surface area contributed by atoms with Gasteiger partial charge in [0.1, 0.15) is 23.7 Å². The number of H-pyrrole nitrogens is 1. The summed E-state index contributed by atoms with van der Waals surface area (Å²) in [5, 5.41) is 38.4. The first-order valence-electron chi connectivity index (χ1n) is 27.7. The zero-order valence-corrected chi connectivity index (χ0v) is 48.7. The predicted molar refractivity (Wildman–Crippen MR) is 311 cm³/mol. The molecule has 2 amide bonds. The number of aliphatic carboxylic acids is 2. The molecule has 0 atom stereocenters. The second-order valence-corrected chi connectivity index (χ2v) is 21.7. The fourth-order valence-electron chi connectivity index (χ4n) is 9.75. The second-order valence-electron chi connectivity index (χ2n) is 21.2. The molecule has 2 aromatic carbocycles. The number of nitrogens with one attached hydrogen (secondary N) is 2. The average molecular weight is 1150 g/mol. The maximum atomic E-state index is 14.7. The molecular formula is C56H85ClFN13O10. The monoisotopic (exact) mass is 1150 g/mol. The smallest absolute Gasteiger partial charge is 0.317 e. The first-order chi connectivity index (χ1) is 38.7. The Morgan fingerprint density at radius 3 is 2.01 bits per heavy atom. The minimum absolute atomic E-state index is 0.0540. The van der Waals surface area contributed by atoms with Crippen molar-refractivity contribution in [3.05, 3.63) is 59.0 Å². The maximum Gasteiger partial charge on any atom is 0.317 e. The van der Waals surface area contributed by atoms with Crippen molar-refractivity contribution >= 4 is 64.2 Å². The fourth-order valence-corrected chi connectivity index (χ4v) is 9.92. The lowest BCUT2D eigenvalue weighted by Gasteiger charge is -2.39.